The highest BCUT2D eigenvalue weighted by atomic mass is 19.4. The molecule has 2 aromatic heterocycles. The van der Waals surface area contributed by atoms with E-state index in [1.54, 1.807) is 0 Å². The van der Waals surface area contributed by atoms with Crippen molar-refractivity contribution in [2.24, 2.45) is 0 Å². The van der Waals surface area contributed by atoms with Crippen LogP contribution in [0.5, 0.6) is 0 Å². The number of benzene rings is 1. The molecule has 0 aliphatic carbocycles. The summed E-state index contributed by atoms with van der Waals surface area (Å²) in [5.41, 5.74) is -1.70. The number of nitrogens with zero attached hydrogens (tertiary/aromatic N) is 4. The lowest BCUT2D eigenvalue weighted by atomic mass is 10.1. The molecule has 0 atom stereocenters. The molecule has 0 aliphatic rings. The molecule has 0 radical (unpaired) electrons. The quantitative estimate of drug-likeness (QED) is 0.738. The lowest BCUT2D eigenvalue weighted by Crippen LogP contribution is -2.10. The molecule has 1 aromatic carbocycles. The highest BCUT2D eigenvalue weighted by molar-refractivity contribution is 6.00. The van der Waals surface area contributed by atoms with Gasteiger partial charge in [-0.1, -0.05) is 12.1 Å². The second-order valence-electron chi connectivity index (χ2n) is 4.02. The number of rotatable bonds is 1. The van der Waals surface area contributed by atoms with E-state index in [0.29, 0.717) is 0 Å². The van der Waals surface area contributed by atoms with Gasteiger partial charge in [0.05, 0.1) is 11.1 Å². The molecule has 1 N–H and O–H groups in total. The zero-order valence-corrected chi connectivity index (χ0v) is 9.59. The van der Waals surface area contributed by atoms with Crippen LogP contribution in [0.4, 0.5) is 13.2 Å². The van der Waals surface area contributed by atoms with E-state index in [1.165, 1.54) is 12.1 Å². The van der Waals surface area contributed by atoms with Crippen molar-refractivity contribution in [1.29, 1.82) is 0 Å². The number of carboxylic acids is 1. The average molecular weight is 282 g/mol. The summed E-state index contributed by atoms with van der Waals surface area (Å²) in [7, 11) is 0. The van der Waals surface area contributed by atoms with E-state index in [1.807, 2.05) is 0 Å². The third-order valence-electron chi connectivity index (χ3n) is 2.83. The van der Waals surface area contributed by atoms with Crippen LogP contribution in [0, 0.1) is 0 Å². The van der Waals surface area contributed by atoms with Crippen molar-refractivity contribution in [3.8, 4) is 0 Å². The number of alkyl halides is 3. The molecule has 0 bridgehead atoms. The van der Waals surface area contributed by atoms with Gasteiger partial charge < -0.3 is 5.11 Å². The Morgan fingerprint density at radius 3 is 2.70 bits per heavy atom. The van der Waals surface area contributed by atoms with Gasteiger partial charge in [-0.3, -0.25) is 0 Å². The van der Waals surface area contributed by atoms with E-state index in [0.717, 1.165) is 16.6 Å². The van der Waals surface area contributed by atoms with Crippen molar-refractivity contribution in [3.05, 3.63) is 35.4 Å². The van der Waals surface area contributed by atoms with E-state index in [2.05, 4.69) is 15.5 Å². The van der Waals surface area contributed by atoms with Gasteiger partial charge in [0.1, 0.15) is 5.56 Å². The lowest BCUT2D eigenvalue weighted by Gasteiger charge is -2.11. The number of halogens is 3. The van der Waals surface area contributed by atoms with E-state index < -0.39 is 17.7 Å². The molecule has 3 aromatic rings. The van der Waals surface area contributed by atoms with Crippen LogP contribution in [0.15, 0.2) is 24.3 Å². The second kappa shape index (κ2) is 3.89. The van der Waals surface area contributed by atoms with Crippen LogP contribution in [0.2, 0.25) is 0 Å². The molecule has 6 nitrogen and oxygen atoms in total. The van der Waals surface area contributed by atoms with Crippen LogP contribution < -0.4 is 0 Å². The summed E-state index contributed by atoms with van der Waals surface area (Å²) < 4.78 is 39.8. The Kier molecular flexibility index (Phi) is 2.40. The number of pyridine rings is 1. The first kappa shape index (κ1) is 12.3. The minimum atomic E-state index is -4.59. The Bertz CT molecular complexity index is 841. The second-order valence-corrected chi connectivity index (χ2v) is 4.02. The number of aromatic carboxylic acids is 1. The Hall–Kier alpha value is -2.71. The van der Waals surface area contributed by atoms with E-state index in [-0.39, 0.29) is 22.1 Å². The predicted molar refractivity (Wildman–Crippen MR) is 60.2 cm³/mol. The topological polar surface area (TPSA) is 80.4 Å². The van der Waals surface area contributed by atoms with Crippen LogP contribution >= 0.6 is 0 Å². The third-order valence-corrected chi connectivity index (χ3v) is 2.83. The summed E-state index contributed by atoms with van der Waals surface area (Å²) in [5.74, 6) is -1.32. The summed E-state index contributed by atoms with van der Waals surface area (Å²) in [5, 5.41) is 19.3. The fraction of sp³-hybridized carbons (Fsp3) is 0.0909. The third kappa shape index (κ3) is 1.67. The monoisotopic (exact) mass is 282 g/mol. The van der Waals surface area contributed by atoms with Crippen molar-refractivity contribution in [2.75, 3.05) is 0 Å². The molecule has 0 amide bonds. The highest BCUT2D eigenvalue weighted by Gasteiger charge is 2.34. The summed E-state index contributed by atoms with van der Waals surface area (Å²) in [6, 6.07) is 4.59. The van der Waals surface area contributed by atoms with Crippen molar-refractivity contribution in [1.82, 2.24) is 20.0 Å². The maximum Gasteiger partial charge on any atom is 0.418 e. The van der Waals surface area contributed by atoms with Crippen molar-refractivity contribution >= 4 is 22.5 Å². The predicted octanol–water partition coefficient (Wildman–Crippen LogP) is 1.99. The maximum atomic E-state index is 13.0. The molecule has 9 heteroatoms. The molecule has 0 spiro atoms. The molecule has 20 heavy (non-hydrogen) atoms. The minimum Gasteiger partial charge on any atom is -0.478 e. The van der Waals surface area contributed by atoms with E-state index in [9.17, 15) is 18.0 Å². The molecule has 102 valence electrons. The molecule has 0 fully saturated rings. The van der Waals surface area contributed by atoms with Crippen molar-refractivity contribution in [3.63, 3.8) is 0 Å². The number of fused-ring (bicyclic) bond motifs is 3. The van der Waals surface area contributed by atoms with Crippen LogP contribution in [0.25, 0.3) is 16.6 Å². The molecule has 2 heterocycles. The van der Waals surface area contributed by atoms with Gasteiger partial charge in [0.25, 0.3) is 0 Å². The number of aromatic nitrogens is 4. The van der Waals surface area contributed by atoms with Crippen molar-refractivity contribution in [2.45, 2.75) is 6.18 Å². The Balaban J connectivity index is 2.55. The highest BCUT2D eigenvalue weighted by Crippen LogP contribution is 2.35. The molecule has 0 saturated carbocycles. The fourth-order valence-corrected chi connectivity index (χ4v) is 2.03. The van der Waals surface area contributed by atoms with Gasteiger partial charge in [0.2, 0.25) is 0 Å². The summed E-state index contributed by atoms with van der Waals surface area (Å²) >= 11 is 0. The van der Waals surface area contributed by atoms with Gasteiger partial charge >= 0.3 is 12.1 Å². The molecule has 0 aliphatic heterocycles. The van der Waals surface area contributed by atoms with Gasteiger partial charge in [-0.2, -0.15) is 17.7 Å². The Labute approximate surface area is 108 Å². The van der Waals surface area contributed by atoms with Gasteiger partial charge in [-0.25, -0.2) is 4.79 Å². The van der Waals surface area contributed by atoms with Crippen LogP contribution in [-0.4, -0.2) is 31.1 Å². The molecule has 3 rings (SSSR count). The Morgan fingerprint density at radius 2 is 2.05 bits per heavy atom. The summed E-state index contributed by atoms with van der Waals surface area (Å²) in [4.78, 5) is 11.1. The summed E-state index contributed by atoms with van der Waals surface area (Å²) in [6.45, 7) is 0. The molecule has 0 unspecified atom stereocenters. The van der Waals surface area contributed by atoms with Gasteiger partial charge in [-0.05, 0) is 22.6 Å². The van der Waals surface area contributed by atoms with Gasteiger partial charge in [-0.15, -0.1) is 5.10 Å². The number of para-hydroxylation sites is 1. The first-order valence-corrected chi connectivity index (χ1v) is 5.34. The number of hydrogen-bond acceptors (Lipinski definition) is 4. The Morgan fingerprint density at radius 1 is 1.30 bits per heavy atom. The maximum absolute atomic E-state index is 13.0. The number of carbonyl (C=O) groups is 1. The van der Waals surface area contributed by atoms with E-state index in [4.69, 9.17) is 5.11 Å². The number of hydrogen-bond donors (Lipinski definition) is 1. The van der Waals surface area contributed by atoms with Crippen LogP contribution in [0.1, 0.15) is 15.9 Å². The number of tetrazole rings is 1. The minimum absolute atomic E-state index is 0.0945. The van der Waals surface area contributed by atoms with Crippen LogP contribution in [0.3, 0.4) is 0 Å². The molecule has 0 saturated heterocycles. The number of carboxylic acid groups (broad SMARTS) is 1. The smallest absolute Gasteiger partial charge is 0.418 e. The normalized spacial score (nSPS) is 12.2. The SMILES string of the molecule is O=C(O)c1cc2cccc(C(F)(F)F)c2n2nnnc12. The van der Waals surface area contributed by atoms with E-state index >= 15 is 0 Å². The first-order chi connectivity index (χ1) is 9.39. The van der Waals surface area contributed by atoms with Gasteiger partial charge in [0, 0.05) is 5.39 Å². The average Bonchev–Trinajstić information content (AvgIpc) is 2.84. The summed E-state index contributed by atoms with van der Waals surface area (Å²) in [6.07, 6.45) is -4.59. The molecular weight excluding hydrogens is 277 g/mol. The molecular formula is C11H5F3N4O2. The zero-order valence-electron chi connectivity index (χ0n) is 9.59. The van der Waals surface area contributed by atoms with Gasteiger partial charge in [0.15, 0.2) is 5.65 Å². The standard InChI is InChI=1S/C11H5F3N4O2/c12-11(13,14)7-3-1-2-5-4-6(10(19)20)9-15-16-17-18(9)8(5)7/h1-4H,(H,19,20). The van der Waals surface area contributed by atoms with Crippen LogP contribution in [-0.2, 0) is 6.18 Å². The van der Waals surface area contributed by atoms with Crippen molar-refractivity contribution < 1.29 is 23.1 Å². The largest absolute Gasteiger partial charge is 0.478 e. The first-order valence-electron chi connectivity index (χ1n) is 5.34. The lowest BCUT2D eigenvalue weighted by molar-refractivity contribution is -0.136. The zero-order chi connectivity index (χ0) is 14.5. The fourth-order valence-electron chi connectivity index (χ4n) is 2.03.